The Morgan fingerprint density at radius 2 is 2.07 bits per heavy atom. The standard InChI is InChI=1S/C21H28N4O2/c1-3-27-19-8-6-7-18(13-19)16(2)24-21(26)23-15-17-9-10-20(22-14-17)25-11-4-5-12-25/h6-10,13-14,16H,3-5,11-12,15H2,1-2H3,(H2,23,24,26)/t16-/m0/s1. The quantitative estimate of drug-likeness (QED) is 0.783. The molecule has 1 saturated heterocycles. The average Bonchev–Trinajstić information content (AvgIpc) is 3.22. The molecule has 6 nitrogen and oxygen atoms in total. The third-order valence-corrected chi connectivity index (χ3v) is 4.71. The van der Waals surface area contributed by atoms with Crippen LogP contribution in [0.3, 0.4) is 0 Å². The number of carbonyl (C=O) groups is 1. The van der Waals surface area contributed by atoms with E-state index in [-0.39, 0.29) is 12.1 Å². The van der Waals surface area contributed by atoms with Gasteiger partial charge in [-0.25, -0.2) is 9.78 Å². The summed E-state index contributed by atoms with van der Waals surface area (Å²) in [5.41, 5.74) is 1.99. The molecule has 2 heterocycles. The van der Waals surface area contributed by atoms with Gasteiger partial charge in [-0.2, -0.15) is 0 Å². The van der Waals surface area contributed by atoms with Crippen LogP contribution < -0.4 is 20.3 Å². The molecule has 2 aromatic rings. The van der Waals surface area contributed by atoms with Crippen LogP contribution in [0.4, 0.5) is 10.6 Å². The van der Waals surface area contributed by atoms with Crippen molar-refractivity contribution in [2.45, 2.75) is 39.3 Å². The monoisotopic (exact) mass is 368 g/mol. The summed E-state index contributed by atoms with van der Waals surface area (Å²) in [4.78, 5) is 19.0. The lowest BCUT2D eigenvalue weighted by Gasteiger charge is -2.17. The fourth-order valence-corrected chi connectivity index (χ4v) is 3.21. The maximum atomic E-state index is 12.2. The fourth-order valence-electron chi connectivity index (χ4n) is 3.21. The van der Waals surface area contributed by atoms with Crippen molar-refractivity contribution in [2.24, 2.45) is 0 Å². The number of rotatable bonds is 7. The summed E-state index contributed by atoms with van der Waals surface area (Å²) in [6.45, 7) is 7.14. The number of aromatic nitrogens is 1. The Kier molecular flexibility index (Phi) is 6.52. The van der Waals surface area contributed by atoms with Crippen molar-refractivity contribution in [3.63, 3.8) is 0 Å². The van der Waals surface area contributed by atoms with Crippen LogP contribution in [0.15, 0.2) is 42.6 Å². The van der Waals surface area contributed by atoms with Crippen molar-refractivity contribution in [1.29, 1.82) is 0 Å². The lowest BCUT2D eigenvalue weighted by Crippen LogP contribution is -2.36. The van der Waals surface area contributed by atoms with Gasteiger partial charge in [-0.1, -0.05) is 18.2 Å². The molecule has 144 valence electrons. The van der Waals surface area contributed by atoms with Gasteiger partial charge < -0.3 is 20.3 Å². The first kappa shape index (κ1) is 19.0. The first-order valence-corrected chi connectivity index (χ1v) is 9.62. The van der Waals surface area contributed by atoms with Crippen LogP contribution in [0.1, 0.15) is 43.9 Å². The summed E-state index contributed by atoms with van der Waals surface area (Å²) in [6, 6.07) is 11.5. The van der Waals surface area contributed by atoms with Gasteiger partial charge in [0.25, 0.3) is 0 Å². The van der Waals surface area contributed by atoms with Crippen LogP contribution in [0, 0.1) is 0 Å². The number of carbonyl (C=O) groups excluding carboxylic acids is 1. The molecule has 0 aliphatic carbocycles. The van der Waals surface area contributed by atoms with Crippen molar-refractivity contribution >= 4 is 11.8 Å². The van der Waals surface area contributed by atoms with Gasteiger partial charge in [0.15, 0.2) is 0 Å². The van der Waals surface area contributed by atoms with Crippen LogP contribution in [0.5, 0.6) is 5.75 Å². The minimum atomic E-state index is -0.201. The molecule has 1 aromatic carbocycles. The second kappa shape index (κ2) is 9.26. The predicted octanol–water partition coefficient (Wildman–Crippen LogP) is 3.64. The maximum absolute atomic E-state index is 12.2. The Morgan fingerprint density at radius 3 is 2.78 bits per heavy atom. The van der Waals surface area contributed by atoms with Gasteiger partial charge in [-0.3, -0.25) is 0 Å². The molecule has 6 heteroatoms. The Balaban J connectivity index is 1.48. The van der Waals surface area contributed by atoms with Crippen LogP contribution in [0.25, 0.3) is 0 Å². The maximum Gasteiger partial charge on any atom is 0.315 e. The first-order chi connectivity index (χ1) is 13.2. The van der Waals surface area contributed by atoms with E-state index in [0.29, 0.717) is 13.2 Å². The molecular weight excluding hydrogens is 340 g/mol. The molecule has 1 aliphatic heterocycles. The number of ether oxygens (including phenoxy) is 1. The zero-order valence-corrected chi connectivity index (χ0v) is 16.1. The highest BCUT2D eigenvalue weighted by Gasteiger charge is 2.13. The van der Waals surface area contributed by atoms with E-state index in [0.717, 1.165) is 35.8 Å². The number of hydrogen-bond donors (Lipinski definition) is 2. The highest BCUT2D eigenvalue weighted by Crippen LogP contribution is 2.19. The zero-order valence-electron chi connectivity index (χ0n) is 16.1. The minimum absolute atomic E-state index is 0.110. The van der Waals surface area contributed by atoms with Gasteiger partial charge >= 0.3 is 6.03 Å². The van der Waals surface area contributed by atoms with Crippen molar-refractivity contribution in [1.82, 2.24) is 15.6 Å². The van der Waals surface area contributed by atoms with Crippen LogP contribution >= 0.6 is 0 Å². The molecule has 1 aromatic heterocycles. The minimum Gasteiger partial charge on any atom is -0.494 e. The van der Waals surface area contributed by atoms with Gasteiger partial charge in [0, 0.05) is 25.8 Å². The molecule has 27 heavy (non-hydrogen) atoms. The summed E-state index contributed by atoms with van der Waals surface area (Å²) in [5, 5.41) is 5.85. The first-order valence-electron chi connectivity index (χ1n) is 9.62. The summed E-state index contributed by atoms with van der Waals surface area (Å²) in [6.07, 6.45) is 4.30. The molecule has 2 amide bonds. The van der Waals surface area contributed by atoms with Gasteiger partial charge in [-0.15, -0.1) is 0 Å². The Labute approximate surface area is 160 Å². The van der Waals surface area contributed by atoms with Crippen molar-refractivity contribution in [3.8, 4) is 5.75 Å². The fraction of sp³-hybridized carbons (Fsp3) is 0.429. The van der Waals surface area contributed by atoms with Crippen molar-refractivity contribution < 1.29 is 9.53 Å². The van der Waals surface area contributed by atoms with E-state index in [1.807, 2.05) is 56.4 Å². The summed E-state index contributed by atoms with van der Waals surface area (Å²) >= 11 is 0. The number of pyridine rings is 1. The summed E-state index contributed by atoms with van der Waals surface area (Å²) in [5.74, 6) is 1.83. The van der Waals surface area contributed by atoms with E-state index in [4.69, 9.17) is 4.74 Å². The van der Waals surface area contributed by atoms with Crippen LogP contribution in [0.2, 0.25) is 0 Å². The molecule has 0 saturated carbocycles. The lowest BCUT2D eigenvalue weighted by atomic mass is 10.1. The molecule has 0 spiro atoms. The molecular formula is C21H28N4O2. The third-order valence-electron chi connectivity index (χ3n) is 4.71. The largest absolute Gasteiger partial charge is 0.494 e. The van der Waals surface area contributed by atoms with Gasteiger partial charge in [0.2, 0.25) is 0 Å². The van der Waals surface area contributed by atoms with Gasteiger partial charge in [0.1, 0.15) is 11.6 Å². The number of hydrogen-bond acceptors (Lipinski definition) is 4. The lowest BCUT2D eigenvalue weighted by molar-refractivity contribution is 0.237. The SMILES string of the molecule is CCOc1cccc([C@H](C)NC(=O)NCc2ccc(N3CCCC3)nc2)c1. The van der Waals surface area contributed by atoms with Crippen molar-refractivity contribution in [2.75, 3.05) is 24.6 Å². The number of urea groups is 1. The predicted molar refractivity (Wildman–Crippen MR) is 107 cm³/mol. The molecule has 1 aliphatic rings. The highest BCUT2D eigenvalue weighted by molar-refractivity contribution is 5.74. The normalized spacial score (nSPS) is 14.7. The number of nitrogens with one attached hydrogen (secondary N) is 2. The molecule has 3 rings (SSSR count). The molecule has 0 unspecified atom stereocenters. The van der Waals surface area contributed by atoms with E-state index in [1.54, 1.807) is 0 Å². The van der Waals surface area contributed by atoms with E-state index in [2.05, 4.69) is 20.5 Å². The topological polar surface area (TPSA) is 66.5 Å². The van der Waals surface area contributed by atoms with Gasteiger partial charge in [-0.05, 0) is 56.0 Å². The smallest absolute Gasteiger partial charge is 0.315 e. The average molecular weight is 368 g/mol. The van der Waals surface area contributed by atoms with E-state index < -0.39 is 0 Å². The Hall–Kier alpha value is -2.76. The number of benzene rings is 1. The van der Waals surface area contributed by atoms with Crippen LogP contribution in [-0.2, 0) is 6.54 Å². The molecule has 0 radical (unpaired) electrons. The van der Waals surface area contributed by atoms with E-state index >= 15 is 0 Å². The molecule has 2 N–H and O–H groups in total. The van der Waals surface area contributed by atoms with E-state index in [9.17, 15) is 4.79 Å². The zero-order chi connectivity index (χ0) is 19.1. The highest BCUT2D eigenvalue weighted by atomic mass is 16.5. The number of nitrogens with zero attached hydrogens (tertiary/aromatic N) is 2. The van der Waals surface area contributed by atoms with Crippen LogP contribution in [-0.4, -0.2) is 30.7 Å². The second-order valence-electron chi connectivity index (χ2n) is 6.77. The van der Waals surface area contributed by atoms with Crippen molar-refractivity contribution in [3.05, 3.63) is 53.7 Å². The summed E-state index contributed by atoms with van der Waals surface area (Å²) < 4.78 is 5.51. The Bertz CT molecular complexity index is 742. The molecule has 1 fully saturated rings. The number of amides is 2. The second-order valence-corrected chi connectivity index (χ2v) is 6.77. The summed E-state index contributed by atoms with van der Waals surface area (Å²) in [7, 11) is 0. The van der Waals surface area contributed by atoms with Gasteiger partial charge in [0.05, 0.1) is 12.6 Å². The number of anilines is 1. The molecule has 0 bridgehead atoms. The molecule has 1 atom stereocenters. The third kappa shape index (κ3) is 5.36. The van der Waals surface area contributed by atoms with E-state index in [1.165, 1.54) is 12.8 Å². The Morgan fingerprint density at radius 1 is 1.26 bits per heavy atom.